The first-order valence-corrected chi connectivity index (χ1v) is 11.5. The van der Waals surface area contributed by atoms with Crippen molar-refractivity contribution in [1.29, 1.82) is 5.26 Å². The Labute approximate surface area is 212 Å². The van der Waals surface area contributed by atoms with Crippen molar-refractivity contribution in [1.82, 2.24) is 0 Å². The van der Waals surface area contributed by atoms with E-state index >= 15 is 0 Å². The van der Waals surface area contributed by atoms with Gasteiger partial charge in [-0.3, -0.25) is 9.59 Å². The molecule has 0 radical (unpaired) electrons. The fourth-order valence-electron chi connectivity index (χ4n) is 3.22. The molecule has 0 atom stereocenters. The summed E-state index contributed by atoms with van der Waals surface area (Å²) in [6.07, 6.45) is 1.43. The van der Waals surface area contributed by atoms with Gasteiger partial charge in [-0.05, 0) is 67.4 Å². The zero-order chi connectivity index (χ0) is 25.4. The second-order valence-electron chi connectivity index (χ2n) is 7.59. The molecule has 178 valence electrons. The number of benzene rings is 3. The maximum absolute atomic E-state index is 12.8. The van der Waals surface area contributed by atoms with Gasteiger partial charge in [-0.15, -0.1) is 0 Å². The normalized spacial score (nSPS) is 10.8. The van der Waals surface area contributed by atoms with Gasteiger partial charge in [0.25, 0.3) is 11.8 Å². The minimum atomic E-state index is -0.541. The number of rotatable bonds is 8. The summed E-state index contributed by atoms with van der Waals surface area (Å²) in [5.41, 5.74) is 3.47. The van der Waals surface area contributed by atoms with Gasteiger partial charge in [-0.2, -0.15) is 5.26 Å². The molecule has 7 nitrogen and oxygen atoms in total. The van der Waals surface area contributed by atoms with Crippen molar-refractivity contribution in [3.05, 3.63) is 87.4 Å². The van der Waals surface area contributed by atoms with Gasteiger partial charge in [-0.25, -0.2) is 0 Å². The maximum Gasteiger partial charge on any atom is 0.266 e. The van der Waals surface area contributed by atoms with Gasteiger partial charge in [0, 0.05) is 15.7 Å². The molecule has 0 aromatic heterocycles. The zero-order valence-electron chi connectivity index (χ0n) is 19.5. The number of nitriles is 1. The maximum atomic E-state index is 12.8. The van der Waals surface area contributed by atoms with Gasteiger partial charge in [0.05, 0.1) is 12.8 Å². The first-order chi connectivity index (χ1) is 16.8. The number of nitrogens with one attached hydrogen (secondary N) is 2. The number of ether oxygens (including phenoxy) is 2. The third-order valence-corrected chi connectivity index (χ3v) is 5.72. The van der Waals surface area contributed by atoms with Crippen molar-refractivity contribution in [3.63, 3.8) is 0 Å². The highest BCUT2D eigenvalue weighted by atomic mass is 79.9. The van der Waals surface area contributed by atoms with Gasteiger partial charge in [0.15, 0.2) is 6.61 Å². The van der Waals surface area contributed by atoms with Crippen LogP contribution in [0.4, 0.5) is 11.4 Å². The van der Waals surface area contributed by atoms with Gasteiger partial charge in [0.1, 0.15) is 23.1 Å². The summed E-state index contributed by atoms with van der Waals surface area (Å²) in [6.45, 7) is 3.56. The van der Waals surface area contributed by atoms with Crippen LogP contribution in [0.25, 0.3) is 6.08 Å². The monoisotopic (exact) mass is 533 g/mol. The lowest BCUT2D eigenvalue weighted by Gasteiger charge is -2.13. The highest BCUT2D eigenvalue weighted by Gasteiger charge is 2.14. The van der Waals surface area contributed by atoms with E-state index in [9.17, 15) is 14.9 Å². The predicted molar refractivity (Wildman–Crippen MR) is 139 cm³/mol. The first kappa shape index (κ1) is 25.5. The second kappa shape index (κ2) is 11.9. The molecule has 0 aliphatic rings. The number of hydrogen-bond acceptors (Lipinski definition) is 5. The van der Waals surface area contributed by atoms with Gasteiger partial charge >= 0.3 is 0 Å². The molecule has 0 aliphatic carbocycles. The number of carbonyl (C=O) groups excluding carboxylic acids is 2. The number of hydrogen-bond donors (Lipinski definition) is 2. The van der Waals surface area contributed by atoms with Crippen molar-refractivity contribution >= 4 is 45.2 Å². The lowest BCUT2D eigenvalue weighted by Crippen LogP contribution is -2.20. The van der Waals surface area contributed by atoms with E-state index in [0.29, 0.717) is 28.4 Å². The van der Waals surface area contributed by atoms with E-state index in [1.807, 2.05) is 32.0 Å². The first-order valence-electron chi connectivity index (χ1n) is 10.7. The molecule has 0 saturated heterocycles. The summed E-state index contributed by atoms with van der Waals surface area (Å²) in [7, 11) is 1.52. The Morgan fingerprint density at radius 3 is 2.49 bits per heavy atom. The second-order valence-corrected chi connectivity index (χ2v) is 8.51. The van der Waals surface area contributed by atoms with Crippen LogP contribution < -0.4 is 20.1 Å². The Kier molecular flexibility index (Phi) is 8.65. The van der Waals surface area contributed by atoms with Crippen molar-refractivity contribution in [2.75, 3.05) is 24.4 Å². The molecule has 0 bridgehead atoms. The largest absolute Gasteiger partial charge is 0.495 e. The Morgan fingerprint density at radius 2 is 1.74 bits per heavy atom. The van der Waals surface area contributed by atoms with Crippen molar-refractivity contribution in [2.24, 2.45) is 0 Å². The van der Waals surface area contributed by atoms with Crippen LogP contribution >= 0.6 is 15.9 Å². The van der Waals surface area contributed by atoms with Crippen LogP contribution in [0, 0.1) is 25.2 Å². The van der Waals surface area contributed by atoms with E-state index in [-0.39, 0.29) is 18.1 Å². The minimum absolute atomic E-state index is 0.104. The number of anilines is 2. The number of carbonyl (C=O) groups is 2. The third-order valence-electron chi connectivity index (χ3n) is 5.23. The van der Waals surface area contributed by atoms with Crippen LogP contribution in [0.3, 0.4) is 0 Å². The van der Waals surface area contributed by atoms with E-state index in [1.54, 1.807) is 48.5 Å². The van der Waals surface area contributed by atoms with E-state index < -0.39 is 5.91 Å². The highest BCUT2D eigenvalue weighted by molar-refractivity contribution is 9.10. The Bertz CT molecular complexity index is 1330. The molecule has 0 aliphatic heterocycles. The molecule has 3 aromatic carbocycles. The van der Waals surface area contributed by atoms with Crippen LogP contribution in [0.5, 0.6) is 11.5 Å². The fraction of sp³-hybridized carbons (Fsp3) is 0.148. The SMILES string of the molecule is COc1ccccc1NC(=O)COc1ccc(Br)cc1/C=C(/C#N)C(=O)Nc1cccc(C)c1C. The predicted octanol–water partition coefficient (Wildman–Crippen LogP) is 5.64. The summed E-state index contributed by atoms with van der Waals surface area (Å²) in [6, 6.07) is 19.7. The summed E-state index contributed by atoms with van der Waals surface area (Å²) in [5.74, 6) is -0.0566. The molecule has 3 aromatic rings. The molecule has 8 heteroatoms. The molecular formula is C27H24BrN3O4. The molecule has 35 heavy (non-hydrogen) atoms. The smallest absolute Gasteiger partial charge is 0.266 e. The van der Waals surface area contributed by atoms with E-state index in [4.69, 9.17) is 9.47 Å². The van der Waals surface area contributed by atoms with E-state index in [2.05, 4.69) is 26.6 Å². The zero-order valence-corrected chi connectivity index (χ0v) is 21.1. The summed E-state index contributed by atoms with van der Waals surface area (Å²) in [4.78, 5) is 25.3. The molecule has 0 heterocycles. The van der Waals surface area contributed by atoms with Crippen LogP contribution in [-0.4, -0.2) is 25.5 Å². The molecule has 0 fully saturated rings. The van der Waals surface area contributed by atoms with Gasteiger partial charge in [0.2, 0.25) is 0 Å². The van der Waals surface area contributed by atoms with Gasteiger partial charge in [-0.1, -0.05) is 40.2 Å². The number of halogens is 1. The van der Waals surface area contributed by atoms with Crippen LogP contribution in [0.2, 0.25) is 0 Å². The molecular weight excluding hydrogens is 510 g/mol. The molecule has 2 N–H and O–H groups in total. The molecule has 0 unspecified atom stereocenters. The molecule has 2 amide bonds. The number of amides is 2. The Balaban J connectivity index is 1.77. The average molecular weight is 534 g/mol. The average Bonchev–Trinajstić information content (AvgIpc) is 2.85. The van der Waals surface area contributed by atoms with Crippen molar-refractivity contribution in [3.8, 4) is 17.6 Å². The van der Waals surface area contributed by atoms with Crippen molar-refractivity contribution < 1.29 is 19.1 Å². The van der Waals surface area contributed by atoms with Crippen LogP contribution in [-0.2, 0) is 9.59 Å². The Morgan fingerprint density at radius 1 is 1.00 bits per heavy atom. The molecule has 0 saturated carbocycles. The van der Waals surface area contributed by atoms with Crippen LogP contribution in [0.1, 0.15) is 16.7 Å². The Hall–Kier alpha value is -4.09. The lowest BCUT2D eigenvalue weighted by molar-refractivity contribution is -0.118. The number of nitrogens with zero attached hydrogens (tertiary/aromatic N) is 1. The topological polar surface area (TPSA) is 100 Å². The quantitative estimate of drug-likeness (QED) is 0.288. The number of aryl methyl sites for hydroxylation is 1. The van der Waals surface area contributed by atoms with Gasteiger partial charge < -0.3 is 20.1 Å². The van der Waals surface area contributed by atoms with E-state index in [0.717, 1.165) is 15.6 Å². The summed E-state index contributed by atoms with van der Waals surface area (Å²) >= 11 is 3.40. The number of para-hydroxylation sites is 2. The van der Waals surface area contributed by atoms with Crippen molar-refractivity contribution in [2.45, 2.75) is 13.8 Å². The van der Waals surface area contributed by atoms with Crippen LogP contribution in [0.15, 0.2) is 70.7 Å². The third kappa shape index (κ3) is 6.71. The lowest BCUT2D eigenvalue weighted by atomic mass is 10.1. The highest BCUT2D eigenvalue weighted by Crippen LogP contribution is 2.27. The molecule has 3 rings (SSSR count). The fourth-order valence-corrected chi connectivity index (χ4v) is 3.60. The summed E-state index contributed by atoms with van der Waals surface area (Å²) < 4.78 is 11.7. The minimum Gasteiger partial charge on any atom is -0.495 e. The van der Waals surface area contributed by atoms with E-state index in [1.165, 1.54) is 13.2 Å². The number of methoxy groups -OCH3 is 1. The summed E-state index contributed by atoms with van der Waals surface area (Å²) in [5, 5.41) is 15.2. The standard InChI is InChI=1S/C27H24BrN3O4/c1-17-7-6-9-22(18(17)2)31-27(33)20(15-29)13-19-14-21(28)11-12-24(19)35-16-26(32)30-23-8-4-5-10-25(23)34-3/h4-14H,16H2,1-3H3,(H,30,32)(H,31,33)/b20-13-. The molecule has 0 spiro atoms.